The topological polar surface area (TPSA) is 95.2 Å². The molecule has 0 atom stereocenters. The van der Waals surface area contributed by atoms with Crippen LogP contribution in [-0.4, -0.2) is 0 Å². The van der Waals surface area contributed by atoms with Gasteiger partial charge in [-0.1, -0.05) is 12.2 Å². The third-order valence-corrected chi connectivity index (χ3v) is 6.51. The van der Waals surface area contributed by atoms with E-state index in [9.17, 15) is 21.0 Å². The Kier molecular flexibility index (Phi) is 2.60. The smallest absolute Gasteiger partial charge is 0.196 e. The lowest BCUT2D eigenvalue weighted by molar-refractivity contribution is 0.0205. The van der Waals surface area contributed by atoms with Gasteiger partial charge in [0.2, 0.25) is 0 Å². The highest BCUT2D eigenvalue weighted by Crippen LogP contribution is 2.75. The number of hydrogen-bond acceptors (Lipinski definition) is 4. The first kappa shape index (κ1) is 14.1. The zero-order valence-corrected chi connectivity index (χ0v) is 12.8. The molecule has 0 amide bonds. The number of rotatable bonds is 2. The molecule has 0 unspecified atom stereocenters. The van der Waals surface area contributed by atoms with Crippen LogP contribution in [0.5, 0.6) is 0 Å². The van der Waals surface area contributed by atoms with Gasteiger partial charge in [-0.2, -0.15) is 21.0 Å². The molecule has 2 saturated carbocycles. The van der Waals surface area contributed by atoms with Crippen LogP contribution >= 0.6 is 0 Å². The molecule has 2 fully saturated rings. The Labute approximate surface area is 135 Å². The Hall–Kier alpha value is -2.56. The fraction of sp³-hybridized carbons (Fsp3) is 0.579. The van der Waals surface area contributed by atoms with Crippen molar-refractivity contribution in [1.29, 1.82) is 21.0 Å². The highest BCUT2D eigenvalue weighted by atomic mass is 14.8. The average molecular weight is 300 g/mol. The first-order valence-electron chi connectivity index (χ1n) is 8.20. The van der Waals surface area contributed by atoms with E-state index in [2.05, 4.69) is 24.3 Å². The lowest BCUT2D eigenvalue weighted by Gasteiger charge is -2.52. The molecule has 0 heterocycles. The summed E-state index contributed by atoms with van der Waals surface area (Å²) in [6.07, 6.45) is 9.16. The molecular formula is C19H16N4. The van der Waals surface area contributed by atoms with Gasteiger partial charge in [-0.05, 0) is 61.5 Å². The lowest BCUT2D eigenvalue weighted by atomic mass is 9.42. The lowest BCUT2D eigenvalue weighted by Crippen LogP contribution is -2.57. The first-order chi connectivity index (χ1) is 11.2. The van der Waals surface area contributed by atoms with Gasteiger partial charge in [0.25, 0.3) is 0 Å². The molecule has 0 bridgehead atoms. The second kappa shape index (κ2) is 4.25. The van der Waals surface area contributed by atoms with Gasteiger partial charge in [-0.15, -0.1) is 0 Å². The van der Waals surface area contributed by atoms with Crippen LogP contribution in [0.25, 0.3) is 0 Å². The van der Waals surface area contributed by atoms with E-state index in [4.69, 9.17) is 0 Å². The minimum absolute atomic E-state index is 0.290. The van der Waals surface area contributed by atoms with Crippen molar-refractivity contribution in [2.45, 2.75) is 38.5 Å². The van der Waals surface area contributed by atoms with Crippen molar-refractivity contribution in [2.24, 2.45) is 28.1 Å². The monoisotopic (exact) mass is 300 g/mol. The van der Waals surface area contributed by atoms with Crippen LogP contribution in [0.3, 0.4) is 0 Å². The van der Waals surface area contributed by atoms with Crippen LogP contribution in [0.1, 0.15) is 38.5 Å². The minimum Gasteiger partial charge on any atom is -0.196 e. The Morgan fingerprint density at radius 2 is 1.43 bits per heavy atom. The standard InChI is InChI=1S/C19H16N4/c20-9-17(10-21)16-3-1-2-13(16)8-19(14-4-5-14,15-6-7-15)18(17,11-22)12-23/h1-2,14-15H,3-8H2. The molecule has 112 valence electrons. The maximum absolute atomic E-state index is 10.1. The maximum atomic E-state index is 10.1. The van der Waals surface area contributed by atoms with Crippen LogP contribution in [-0.2, 0) is 0 Å². The summed E-state index contributed by atoms with van der Waals surface area (Å²) in [4.78, 5) is 0. The van der Waals surface area contributed by atoms with E-state index in [0.717, 1.165) is 31.3 Å². The number of allylic oxidation sites excluding steroid dienone is 4. The average Bonchev–Trinajstić information content (AvgIpc) is 3.50. The Bertz CT molecular complexity index is 769. The van der Waals surface area contributed by atoms with Gasteiger partial charge in [0, 0.05) is 5.41 Å². The molecule has 0 aromatic carbocycles. The molecule has 0 aromatic heterocycles. The van der Waals surface area contributed by atoms with Crippen molar-refractivity contribution in [3.8, 4) is 24.3 Å². The summed E-state index contributed by atoms with van der Waals surface area (Å²) < 4.78 is 0. The second-order valence-electron chi connectivity index (χ2n) is 7.32. The molecule has 4 nitrogen and oxygen atoms in total. The van der Waals surface area contributed by atoms with Crippen LogP contribution in [0.15, 0.2) is 23.3 Å². The molecule has 0 aromatic rings. The predicted octanol–water partition coefficient (Wildman–Crippen LogP) is 3.52. The van der Waals surface area contributed by atoms with Gasteiger partial charge in [-0.25, -0.2) is 0 Å². The summed E-state index contributed by atoms with van der Waals surface area (Å²) in [5, 5.41) is 40.2. The van der Waals surface area contributed by atoms with Gasteiger partial charge >= 0.3 is 0 Å². The van der Waals surface area contributed by atoms with Crippen LogP contribution in [0, 0.1) is 73.4 Å². The third kappa shape index (κ3) is 1.34. The van der Waals surface area contributed by atoms with Crippen molar-refractivity contribution < 1.29 is 0 Å². The molecule has 4 heteroatoms. The maximum Gasteiger partial charge on any atom is 0.197 e. The van der Waals surface area contributed by atoms with E-state index in [1.165, 1.54) is 0 Å². The van der Waals surface area contributed by atoms with Crippen molar-refractivity contribution in [3.05, 3.63) is 23.3 Å². The van der Waals surface area contributed by atoms with E-state index < -0.39 is 16.2 Å². The van der Waals surface area contributed by atoms with E-state index in [1.807, 2.05) is 12.2 Å². The Morgan fingerprint density at radius 1 is 0.870 bits per heavy atom. The Morgan fingerprint density at radius 3 is 1.87 bits per heavy atom. The van der Waals surface area contributed by atoms with E-state index in [1.54, 1.807) is 0 Å². The summed E-state index contributed by atoms with van der Waals surface area (Å²) in [5.74, 6) is 0.580. The summed E-state index contributed by atoms with van der Waals surface area (Å²) >= 11 is 0. The summed E-state index contributed by atoms with van der Waals surface area (Å²) in [6.45, 7) is 0. The molecule has 0 N–H and O–H groups in total. The van der Waals surface area contributed by atoms with Gasteiger partial charge in [-0.3, -0.25) is 0 Å². The van der Waals surface area contributed by atoms with Crippen molar-refractivity contribution >= 4 is 0 Å². The molecule has 0 aliphatic heterocycles. The van der Waals surface area contributed by atoms with Gasteiger partial charge in [0.1, 0.15) is 0 Å². The molecule has 4 aliphatic rings. The van der Waals surface area contributed by atoms with Crippen LogP contribution in [0.2, 0.25) is 0 Å². The first-order valence-corrected chi connectivity index (χ1v) is 8.20. The molecule has 0 saturated heterocycles. The van der Waals surface area contributed by atoms with E-state index in [0.29, 0.717) is 30.3 Å². The molecule has 0 spiro atoms. The molecule has 4 aliphatic carbocycles. The summed E-state index contributed by atoms with van der Waals surface area (Å²) in [7, 11) is 0. The number of nitriles is 4. The van der Waals surface area contributed by atoms with Crippen LogP contribution in [0.4, 0.5) is 0 Å². The summed E-state index contributed by atoms with van der Waals surface area (Å²) in [6, 6.07) is 8.77. The van der Waals surface area contributed by atoms with Gasteiger partial charge in [0.05, 0.1) is 24.3 Å². The summed E-state index contributed by atoms with van der Waals surface area (Å²) in [5.41, 5.74) is -2.00. The molecule has 4 rings (SSSR count). The normalized spacial score (nSPS) is 28.9. The quantitative estimate of drug-likeness (QED) is 0.779. The SMILES string of the molecule is N#CC1(C#N)C2=C(C=CC2)CC(C2CC2)(C2CC2)C1(C#N)C#N. The fourth-order valence-electron chi connectivity index (χ4n) is 5.29. The molecule has 0 radical (unpaired) electrons. The zero-order chi connectivity index (χ0) is 16.3. The highest BCUT2D eigenvalue weighted by Gasteiger charge is 2.76. The minimum atomic E-state index is -1.64. The van der Waals surface area contributed by atoms with Crippen LogP contribution < -0.4 is 0 Å². The van der Waals surface area contributed by atoms with Crippen molar-refractivity contribution in [3.63, 3.8) is 0 Å². The fourth-order valence-corrected chi connectivity index (χ4v) is 5.29. The van der Waals surface area contributed by atoms with Crippen molar-refractivity contribution in [2.75, 3.05) is 0 Å². The number of nitrogens with zero attached hydrogens (tertiary/aromatic N) is 4. The molecular weight excluding hydrogens is 284 g/mol. The predicted molar refractivity (Wildman–Crippen MR) is 80.6 cm³/mol. The number of hydrogen-bond donors (Lipinski definition) is 0. The van der Waals surface area contributed by atoms with Gasteiger partial charge in [0.15, 0.2) is 10.8 Å². The Balaban J connectivity index is 2.08. The van der Waals surface area contributed by atoms with E-state index in [-0.39, 0.29) is 0 Å². The zero-order valence-electron chi connectivity index (χ0n) is 12.8. The third-order valence-electron chi connectivity index (χ3n) is 6.51. The second-order valence-corrected chi connectivity index (χ2v) is 7.32. The largest absolute Gasteiger partial charge is 0.197 e. The highest BCUT2D eigenvalue weighted by molar-refractivity contribution is 5.58. The molecule has 23 heavy (non-hydrogen) atoms. The van der Waals surface area contributed by atoms with Gasteiger partial charge < -0.3 is 0 Å². The van der Waals surface area contributed by atoms with E-state index >= 15 is 0 Å². The van der Waals surface area contributed by atoms with Crippen molar-refractivity contribution in [1.82, 2.24) is 0 Å².